The zero-order valence-corrected chi connectivity index (χ0v) is 15.1. The van der Waals surface area contributed by atoms with Crippen LogP contribution >= 0.6 is 0 Å². The van der Waals surface area contributed by atoms with Crippen LogP contribution < -0.4 is 0 Å². The van der Waals surface area contributed by atoms with Crippen LogP contribution in [0.1, 0.15) is 31.8 Å². The molecule has 0 radical (unpaired) electrons. The molecule has 136 valence electrons. The molecule has 5 heteroatoms. The van der Waals surface area contributed by atoms with Gasteiger partial charge in [0.2, 0.25) is 0 Å². The molecule has 0 spiro atoms. The van der Waals surface area contributed by atoms with Crippen molar-refractivity contribution in [1.82, 2.24) is 9.47 Å². The van der Waals surface area contributed by atoms with Crippen LogP contribution in [-0.4, -0.2) is 35.0 Å². The van der Waals surface area contributed by atoms with E-state index in [4.69, 9.17) is 4.74 Å². The standard InChI is InChI=1S/C22H20N2O3/c1-27-22(26)18-5-4-16-10-13-24(15-19(16)14-18)21(25)17-6-8-20(9-7-17)23-11-2-3-12-23/h2-9,11-12,14H,10,13,15H2,1H3. The maximum atomic E-state index is 12.9. The van der Waals surface area contributed by atoms with Gasteiger partial charge >= 0.3 is 5.97 Å². The molecule has 0 unspecified atom stereocenters. The van der Waals surface area contributed by atoms with E-state index < -0.39 is 0 Å². The lowest BCUT2D eigenvalue weighted by Gasteiger charge is -2.29. The number of carbonyl (C=O) groups excluding carboxylic acids is 2. The Kier molecular flexibility index (Phi) is 4.50. The molecule has 0 saturated heterocycles. The minimum absolute atomic E-state index is 0.00294. The van der Waals surface area contributed by atoms with Gasteiger partial charge in [-0.3, -0.25) is 4.79 Å². The molecule has 5 nitrogen and oxygen atoms in total. The highest BCUT2D eigenvalue weighted by molar-refractivity contribution is 5.94. The molecule has 1 aliphatic rings. The van der Waals surface area contributed by atoms with Gasteiger partial charge in [-0.2, -0.15) is 0 Å². The van der Waals surface area contributed by atoms with Gasteiger partial charge in [0.1, 0.15) is 0 Å². The van der Waals surface area contributed by atoms with Crippen molar-refractivity contribution in [2.45, 2.75) is 13.0 Å². The van der Waals surface area contributed by atoms with E-state index in [1.165, 1.54) is 12.7 Å². The number of amides is 1. The van der Waals surface area contributed by atoms with E-state index in [-0.39, 0.29) is 11.9 Å². The summed E-state index contributed by atoms with van der Waals surface area (Å²) in [5, 5.41) is 0. The third kappa shape index (κ3) is 3.36. The van der Waals surface area contributed by atoms with Crippen LogP contribution in [0, 0.1) is 0 Å². The third-order valence-corrected chi connectivity index (χ3v) is 4.94. The predicted octanol–water partition coefficient (Wildman–Crippen LogP) is 3.46. The number of ether oxygens (including phenoxy) is 1. The lowest BCUT2D eigenvalue weighted by atomic mass is 9.97. The first kappa shape index (κ1) is 17.1. The van der Waals surface area contributed by atoms with E-state index in [1.807, 2.05) is 70.4 Å². The smallest absolute Gasteiger partial charge is 0.337 e. The number of methoxy groups -OCH3 is 1. The Morgan fingerprint density at radius 3 is 2.33 bits per heavy atom. The van der Waals surface area contributed by atoms with Crippen LogP contribution in [0.4, 0.5) is 0 Å². The van der Waals surface area contributed by atoms with Gasteiger partial charge in [-0.1, -0.05) is 6.07 Å². The zero-order valence-electron chi connectivity index (χ0n) is 15.1. The maximum Gasteiger partial charge on any atom is 0.337 e. The molecule has 0 atom stereocenters. The second-order valence-electron chi connectivity index (χ2n) is 6.59. The average molecular weight is 360 g/mol. The molecule has 2 aromatic carbocycles. The van der Waals surface area contributed by atoms with Gasteiger partial charge in [-0.25, -0.2) is 4.79 Å². The quantitative estimate of drug-likeness (QED) is 0.672. The predicted molar refractivity (Wildman–Crippen MR) is 102 cm³/mol. The minimum atomic E-state index is -0.359. The van der Waals surface area contributed by atoms with Gasteiger partial charge in [0.25, 0.3) is 5.91 Å². The first-order valence-corrected chi connectivity index (χ1v) is 8.88. The van der Waals surface area contributed by atoms with Crippen molar-refractivity contribution >= 4 is 11.9 Å². The number of hydrogen-bond donors (Lipinski definition) is 0. The molecule has 2 heterocycles. The van der Waals surface area contributed by atoms with E-state index in [2.05, 4.69) is 0 Å². The van der Waals surface area contributed by atoms with E-state index in [0.29, 0.717) is 24.2 Å². The zero-order chi connectivity index (χ0) is 18.8. The average Bonchev–Trinajstić information content (AvgIpc) is 3.27. The summed E-state index contributed by atoms with van der Waals surface area (Å²) in [4.78, 5) is 26.5. The summed E-state index contributed by atoms with van der Waals surface area (Å²) < 4.78 is 6.79. The number of esters is 1. The molecule has 0 aliphatic carbocycles. The Labute approximate surface area is 157 Å². The first-order valence-electron chi connectivity index (χ1n) is 8.88. The van der Waals surface area contributed by atoms with Gasteiger partial charge in [0, 0.05) is 36.7 Å². The second-order valence-corrected chi connectivity index (χ2v) is 6.59. The fourth-order valence-corrected chi connectivity index (χ4v) is 3.44. The van der Waals surface area contributed by atoms with Crippen molar-refractivity contribution in [3.8, 4) is 5.69 Å². The fourth-order valence-electron chi connectivity index (χ4n) is 3.44. The molecule has 0 saturated carbocycles. The summed E-state index contributed by atoms with van der Waals surface area (Å²) in [5.74, 6) is -0.356. The van der Waals surface area contributed by atoms with Crippen molar-refractivity contribution in [1.29, 1.82) is 0 Å². The number of hydrogen-bond acceptors (Lipinski definition) is 3. The van der Waals surface area contributed by atoms with Gasteiger partial charge in [-0.15, -0.1) is 0 Å². The molecular formula is C22H20N2O3. The number of fused-ring (bicyclic) bond motifs is 1. The molecular weight excluding hydrogens is 340 g/mol. The summed E-state index contributed by atoms with van der Waals surface area (Å²) in [6.45, 7) is 1.17. The number of nitrogens with zero attached hydrogens (tertiary/aromatic N) is 2. The normalized spacial score (nSPS) is 13.1. The number of benzene rings is 2. The van der Waals surface area contributed by atoms with Gasteiger partial charge in [-0.05, 0) is 66.1 Å². The number of carbonyl (C=O) groups is 2. The molecule has 27 heavy (non-hydrogen) atoms. The molecule has 1 aromatic heterocycles. The van der Waals surface area contributed by atoms with Crippen LogP contribution in [0.2, 0.25) is 0 Å². The second kappa shape index (κ2) is 7.11. The van der Waals surface area contributed by atoms with Crippen LogP contribution in [0.5, 0.6) is 0 Å². The molecule has 0 N–H and O–H groups in total. The van der Waals surface area contributed by atoms with Crippen molar-refractivity contribution in [3.05, 3.63) is 89.2 Å². The number of rotatable bonds is 3. The van der Waals surface area contributed by atoms with E-state index in [0.717, 1.165) is 17.7 Å². The first-order chi connectivity index (χ1) is 13.2. The van der Waals surface area contributed by atoms with Crippen molar-refractivity contribution in [2.24, 2.45) is 0 Å². The largest absolute Gasteiger partial charge is 0.465 e. The lowest BCUT2D eigenvalue weighted by Crippen LogP contribution is -2.36. The SMILES string of the molecule is COC(=O)c1ccc2c(c1)CN(C(=O)c1ccc(-n3cccc3)cc1)CC2. The fraction of sp³-hybridized carbons (Fsp3) is 0.182. The van der Waals surface area contributed by atoms with Crippen LogP contribution in [0.25, 0.3) is 5.69 Å². The Balaban J connectivity index is 1.53. The van der Waals surface area contributed by atoms with Gasteiger partial charge in [0.05, 0.1) is 12.7 Å². The monoisotopic (exact) mass is 360 g/mol. The molecule has 1 aliphatic heterocycles. The summed E-state index contributed by atoms with van der Waals surface area (Å²) >= 11 is 0. The minimum Gasteiger partial charge on any atom is -0.465 e. The van der Waals surface area contributed by atoms with Crippen LogP contribution in [0.15, 0.2) is 67.0 Å². The summed E-state index contributed by atoms with van der Waals surface area (Å²) in [6, 6.07) is 17.1. The van der Waals surface area contributed by atoms with E-state index >= 15 is 0 Å². The number of aromatic nitrogens is 1. The molecule has 3 aromatic rings. The molecule has 0 fully saturated rings. The van der Waals surface area contributed by atoms with Gasteiger partial charge < -0.3 is 14.2 Å². The molecule has 0 bridgehead atoms. The highest BCUT2D eigenvalue weighted by atomic mass is 16.5. The van der Waals surface area contributed by atoms with Crippen molar-refractivity contribution < 1.29 is 14.3 Å². The maximum absolute atomic E-state index is 12.9. The molecule has 1 amide bonds. The summed E-state index contributed by atoms with van der Waals surface area (Å²) in [5.41, 5.74) is 4.37. The molecule has 4 rings (SSSR count). The highest BCUT2D eigenvalue weighted by Crippen LogP contribution is 2.23. The Bertz CT molecular complexity index is 975. The van der Waals surface area contributed by atoms with Crippen LogP contribution in [0.3, 0.4) is 0 Å². The lowest BCUT2D eigenvalue weighted by molar-refractivity contribution is 0.0600. The van der Waals surface area contributed by atoms with Crippen molar-refractivity contribution in [2.75, 3.05) is 13.7 Å². The Morgan fingerprint density at radius 2 is 1.63 bits per heavy atom. The van der Waals surface area contributed by atoms with E-state index in [1.54, 1.807) is 6.07 Å². The Hall–Kier alpha value is -3.34. The Morgan fingerprint density at radius 1 is 0.926 bits per heavy atom. The summed E-state index contributed by atoms with van der Waals surface area (Å²) in [7, 11) is 1.37. The summed E-state index contributed by atoms with van der Waals surface area (Å²) in [6.07, 6.45) is 4.72. The topological polar surface area (TPSA) is 51.5 Å². The highest BCUT2D eigenvalue weighted by Gasteiger charge is 2.23. The van der Waals surface area contributed by atoms with E-state index in [9.17, 15) is 9.59 Å². The van der Waals surface area contributed by atoms with Gasteiger partial charge in [0.15, 0.2) is 0 Å². The van der Waals surface area contributed by atoms with Crippen LogP contribution in [-0.2, 0) is 17.7 Å². The third-order valence-electron chi connectivity index (χ3n) is 4.94. The van der Waals surface area contributed by atoms with Crippen molar-refractivity contribution in [3.63, 3.8) is 0 Å².